The van der Waals surface area contributed by atoms with E-state index in [1.54, 1.807) is 24.0 Å². The highest BCUT2D eigenvalue weighted by Crippen LogP contribution is 2.30. The third-order valence-corrected chi connectivity index (χ3v) is 4.81. The lowest BCUT2D eigenvalue weighted by Gasteiger charge is -2.22. The Bertz CT molecular complexity index is 995. The fraction of sp³-hybridized carbons (Fsp3) is 0.348. The monoisotopic (exact) mass is 465 g/mol. The summed E-state index contributed by atoms with van der Waals surface area (Å²) in [7, 11) is 1.30. The summed E-state index contributed by atoms with van der Waals surface area (Å²) in [5, 5.41) is 5.11. The van der Waals surface area contributed by atoms with Crippen LogP contribution in [0.25, 0.3) is 0 Å². The Hall–Kier alpha value is -3.40. The van der Waals surface area contributed by atoms with Gasteiger partial charge in [0.15, 0.2) is 0 Å². The quantitative estimate of drug-likeness (QED) is 0.546. The summed E-state index contributed by atoms with van der Waals surface area (Å²) in [5.74, 6) is -1.73. The number of halogens is 3. The van der Waals surface area contributed by atoms with Crippen molar-refractivity contribution in [3.63, 3.8) is 0 Å². The second-order valence-corrected chi connectivity index (χ2v) is 7.41. The van der Waals surface area contributed by atoms with Crippen LogP contribution in [0, 0.1) is 5.92 Å². The lowest BCUT2D eigenvalue weighted by Crippen LogP contribution is -2.38. The van der Waals surface area contributed by atoms with Crippen LogP contribution in [0.2, 0.25) is 0 Å². The molecule has 0 saturated heterocycles. The van der Waals surface area contributed by atoms with Gasteiger partial charge < -0.3 is 15.4 Å². The van der Waals surface area contributed by atoms with Gasteiger partial charge in [0.25, 0.3) is 5.91 Å². The molecule has 0 aliphatic carbocycles. The number of carbonyl (C=O) groups is 3. The van der Waals surface area contributed by atoms with Gasteiger partial charge in [-0.15, -0.1) is 0 Å². The summed E-state index contributed by atoms with van der Waals surface area (Å²) >= 11 is 0. The number of hydrogen-bond acceptors (Lipinski definition) is 5. The first-order chi connectivity index (χ1) is 15.5. The third-order valence-electron chi connectivity index (χ3n) is 4.81. The van der Waals surface area contributed by atoms with Crippen LogP contribution in [-0.2, 0) is 20.5 Å². The normalized spacial score (nSPS) is 12.2. The second kappa shape index (κ2) is 11.5. The molecule has 2 aromatic carbocycles. The maximum atomic E-state index is 12.9. The minimum absolute atomic E-state index is 0.00239. The van der Waals surface area contributed by atoms with E-state index < -0.39 is 23.6 Å². The smallest absolute Gasteiger partial charge is 0.416 e. The lowest BCUT2D eigenvalue weighted by molar-refractivity contribution is -0.145. The number of esters is 1. The zero-order valence-electron chi connectivity index (χ0n) is 18.5. The van der Waals surface area contributed by atoms with E-state index in [2.05, 4.69) is 10.6 Å². The van der Waals surface area contributed by atoms with Crippen molar-refractivity contribution in [1.29, 1.82) is 0 Å². The first-order valence-corrected chi connectivity index (χ1v) is 10.2. The van der Waals surface area contributed by atoms with Crippen LogP contribution in [0.4, 0.5) is 24.5 Å². The van der Waals surface area contributed by atoms with Gasteiger partial charge in [0.05, 0.1) is 25.1 Å². The van der Waals surface area contributed by atoms with Crippen molar-refractivity contribution in [2.24, 2.45) is 5.92 Å². The zero-order chi connectivity index (χ0) is 24.6. The molecule has 2 amide bonds. The molecule has 0 saturated carbocycles. The van der Waals surface area contributed by atoms with Crippen LogP contribution in [0.5, 0.6) is 0 Å². The van der Waals surface area contributed by atoms with Gasteiger partial charge in [-0.3, -0.25) is 19.3 Å². The number of likely N-dealkylation sites (N-methyl/N-ethyl adjacent to an activating group) is 1. The highest BCUT2D eigenvalue weighted by atomic mass is 19.4. The molecule has 2 N–H and O–H groups in total. The minimum Gasteiger partial charge on any atom is -0.469 e. The van der Waals surface area contributed by atoms with Crippen molar-refractivity contribution in [2.45, 2.75) is 20.0 Å². The summed E-state index contributed by atoms with van der Waals surface area (Å²) in [6.45, 7) is 4.47. The molecule has 2 rings (SSSR count). The molecule has 0 radical (unpaired) electrons. The van der Waals surface area contributed by atoms with E-state index in [4.69, 9.17) is 4.74 Å². The van der Waals surface area contributed by atoms with E-state index in [9.17, 15) is 27.6 Å². The molecular weight excluding hydrogens is 439 g/mol. The Kier molecular flexibility index (Phi) is 8.98. The molecule has 1 atom stereocenters. The van der Waals surface area contributed by atoms with Crippen LogP contribution in [0.3, 0.4) is 0 Å². The standard InChI is InChI=1S/C23H26F3N3O4/c1-4-29(13-15(2)22(32)33-3)14-20(30)27-18-9-5-7-16(11-18)21(31)28-19-10-6-8-17(12-19)23(24,25)26/h5-12,15H,4,13-14H2,1-3H3,(H,27,30)(H,28,31). The maximum Gasteiger partial charge on any atom is 0.416 e. The van der Waals surface area contributed by atoms with Crippen molar-refractivity contribution in [1.82, 2.24) is 4.90 Å². The average molecular weight is 465 g/mol. The Labute approximate surface area is 189 Å². The van der Waals surface area contributed by atoms with Gasteiger partial charge in [-0.05, 0) is 42.9 Å². The second-order valence-electron chi connectivity index (χ2n) is 7.41. The van der Waals surface area contributed by atoms with Crippen LogP contribution < -0.4 is 10.6 Å². The number of hydrogen-bond donors (Lipinski definition) is 2. The average Bonchev–Trinajstić information content (AvgIpc) is 2.77. The number of benzene rings is 2. The van der Waals surface area contributed by atoms with E-state index in [-0.39, 0.29) is 29.7 Å². The van der Waals surface area contributed by atoms with Crippen LogP contribution in [-0.4, -0.2) is 49.4 Å². The van der Waals surface area contributed by atoms with E-state index >= 15 is 0 Å². The number of alkyl halides is 3. The lowest BCUT2D eigenvalue weighted by atomic mass is 10.1. The van der Waals surface area contributed by atoms with E-state index in [1.165, 1.54) is 31.4 Å². The number of methoxy groups -OCH3 is 1. The predicted octanol–water partition coefficient (Wildman–Crippen LogP) is 4.03. The molecule has 0 aromatic heterocycles. The number of anilines is 2. The zero-order valence-corrected chi connectivity index (χ0v) is 18.5. The van der Waals surface area contributed by atoms with E-state index in [0.29, 0.717) is 18.8 Å². The van der Waals surface area contributed by atoms with Crippen molar-refractivity contribution in [2.75, 3.05) is 37.4 Å². The summed E-state index contributed by atoms with van der Waals surface area (Å²) in [5.41, 5.74) is -0.350. The molecule has 178 valence electrons. The van der Waals surface area contributed by atoms with Crippen molar-refractivity contribution >= 4 is 29.2 Å². The number of ether oxygens (including phenoxy) is 1. The summed E-state index contributed by atoms with van der Waals surface area (Å²) in [4.78, 5) is 38.3. The molecule has 0 aliphatic rings. The summed E-state index contributed by atoms with van der Waals surface area (Å²) in [6, 6.07) is 10.4. The van der Waals surface area contributed by atoms with E-state index in [1.807, 2.05) is 6.92 Å². The largest absolute Gasteiger partial charge is 0.469 e. The highest BCUT2D eigenvalue weighted by molar-refractivity contribution is 6.05. The number of nitrogens with zero attached hydrogens (tertiary/aromatic N) is 1. The molecule has 0 heterocycles. The molecular formula is C23H26F3N3O4. The van der Waals surface area contributed by atoms with Gasteiger partial charge in [-0.2, -0.15) is 13.2 Å². The fourth-order valence-corrected chi connectivity index (χ4v) is 3.09. The highest BCUT2D eigenvalue weighted by Gasteiger charge is 2.30. The van der Waals surface area contributed by atoms with Crippen LogP contribution in [0.1, 0.15) is 29.8 Å². The Balaban J connectivity index is 2.01. The van der Waals surface area contributed by atoms with Crippen LogP contribution in [0.15, 0.2) is 48.5 Å². The van der Waals surface area contributed by atoms with E-state index in [0.717, 1.165) is 12.1 Å². The third kappa shape index (κ3) is 7.90. The van der Waals surface area contributed by atoms with Crippen molar-refractivity contribution in [3.8, 4) is 0 Å². The van der Waals surface area contributed by atoms with Crippen molar-refractivity contribution in [3.05, 3.63) is 59.7 Å². The molecule has 33 heavy (non-hydrogen) atoms. The van der Waals surface area contributed by atoms with Gasteiger partial charge in [0.2, 0.25) is 5.91 Å². The number of amides is 2. The van der Waals surface area contributed by atoms with Gasteiger partial charge in [-0.1, -0.05) is 26.0 Å². The van der Waals surface area contributed by atoms with Gasteiger partial charge in [0.1, 0.15) is 0 Å². The Morgan fingerprint density at radius 1 is 1.03 bits per heavy atom. The van der Waals surface area contributed by atoms with Gasteiger partial charge in [-0.25, -0.2) is 0 Å². The maximum absolute atomic E-state index is 12.9. The Morgan fingerprint density at radius 2 is 1.67 bits per heavy atom. The molecule has 1 unspecified atom stereocenters. The molecule has 0 bridgehead atoms. The first kappa shape index (κ1) is 25.9. The number of rotatable bonds is 9. The summed E-state index contributed by atoms with van der Waals surface area (Å²) < 4.78 is 43.3. The minimum atomic E-state index is -4.52. The topological polar surface area (TPSA) is 87.7 Å². The molecule has 0 aliphatic heterocycles. The van der Waals surface area contributed by atoms with Crippen molar-refractivity contribution < 1.29 is 32.3 Å². The SMILES string of the molecule is CCN(CC(=O)Nc1cccc(C(=O)Nc2cccc(C(F)(F)F)c2)c1)CC(C)C(=O)OC. The molecule has 0 spiro atoms. The van der Waals surface area contributed by atoms with Gasteiger partial charge in [0, 0.05) is 23.5 Å². The van der Waals surface area contributed by atoms with Crippen LogP contribution >= 0.6 is 0 Å². The predicted molar refractivity (Wildman–Crippen MR) is 118 cm³/mol. The Morgan fingerprint density at radius 3 is 2.27 bits per heavy atom. The summed E-state index contributed by atoms with van der Waals surface area (Å²) in [6.07, 6.45) is -4.52. The fourth-order valence-electron chi connectivity index (χ4n) is 3.09. The number of nitrogens with one attached hydrogen (secondary N) is 2. The first-order valence-electron chi connectivity index (χ1n) is 10.2. The molecule has 10 heteroatoms. The number of carbonyl (C=O) groups excluding carboxylic acids is 3. The molecule has 7 nitrogen and oxygen atoms in total. The van der Waals surface area contributed by atoms with Gasteiger partial charge >= 0.3 is 12.1 Å². The molecule has 2 aromatic rings. The molecule has 0 fully saturated rings.